The smallest absolute Gasteiger partial charge is 0.339 e. The summed E-state index contributed by atoms with van der Waals surface area (Å²) in [6.07, 6.45) is 3.31. The third kappa shape index (κ3) is 2.17. The number of aromatic carboxylic acids is 1. The van der Waals surface area contributed by atoms with Crippen molar-refractivity contribution in [1.82, 2.24) is 4.90 Å². The van der Waals surface area contributed by atoms with Crippen LogP contribution in [-0.4, -0.2) is 39.7 Å². The highest BCUT2D eigenvalue weighted by molar-refractivity contribution is 5.95. The zero-order chi connectivity index (χ0) is 14.3. The Labute approximate surface area is 116 Å². The van der Waals surface area contributed by atoms with Crippen LogP contribution in [0.3, 0.4) is 0 Å². The number of hydrogen-bond acceptors (Lipinski definition) is 3. The summed E-state index contributed by atoms with van der Waals surface area (Å²) in [6, 6.07) is 4.16. The van der Waals surface area contributed by atoms with Gasteiger partial charge in [-0.3, -0.25) is 0 Å². The summed E-state index contributed by atoms with van der Waals surface area (Å²) in [7, 11) is 0. The van der Waals surface area contributed by atoms with Crippen LogP contribution in [0.4, 0.5) is 10.5 Å². The molecule has 1 saturated carbocycles. The van der Waals surface area contributed by atoms with Gasteiger partial charge < -0.3 is 20.4 Å². The van der Waals surface area contributed by atoms with E-state index in [-0.39, 0.29) is 17.3 Å². The summed E-state index contributed by atoms with van der Waals surface area (Å²) in [5, 5.41) is 21.1. The zero-order valence-electron chi connectivity index (χ0n) is 10.9. The van der Waals surface area contributed by atoms with Gasteiger partial charge in [0.15, 0.2) is 0 Å². The molecule has 1 saturated heterocycles. The number of piperidine rings is 1. The predicted octanol–water partition coefficient (Wildman–Crippen LogP) is 2.11. The first-order valence-electron chi connectivity index (χ1n) is 6.68. The highest BCUT2D eigenvalue weighted by Gasteiger charge is 2.40. The molecule has 2 unspecified atom stereocenters. The summed E-state index contributed by atoms with van der Waals surface area (Å²) in [5.41, 5.74) is 0.165. The summed E-state index contributed by atoms with van der Waals surface area (Å²) in [6.45, 7) is 0.778. The molecule has 2 atom stereocenters. The number of anilines is 1. The monoisotopic (exact) mass is 276 g/mol. The lowest BCUT2D eigenvalue weighted by atomic mass is 10.1. The highest BCUT2D eigenvalue weighted by Crippen LogP contribution is 2.37. The molecule has 3 N–H and O–H groups in total. The van der Waals surface area contributed by atoms with Crippen molar-refractivity contribution in [1.29, 1.82) is 0 Å². The Balaban J connectivity index is 1.73. The summed E-state index contributed by atoms with van der Waals surface area (Å²) < 4.78 is 0. The molecule has 20 heavy (non-hydrogen) atoms. The SMILES string of the molecule is O=C(O)c1cc(NC(=O)N2CC3CCC2C3)ccc1O. The lowest BCUT2D eigenvalue weighted by molar-refractivity contribution is 0.0693. The fourth-order valence-corrected chi connectivity index (χ4v) is 3.15. The molecule has 2 amide bonds. The maximum Gasteiger partial charge on any atom is 0.339 e. The van der Waals surface area contributed by atoms with E-state index in [1.807, 2.05) is 4.90 Å². The molecule has 2 aliphatic rings. The van der Waals surface area contributed by atoms with Crippen LogP contribution < -0.4 is 5.32 Å². The number of carboxylic acids is 1. The third-order valence-corrected chi connectivity index (χ3v) is 4.15. The number of carbonyl (C=O) groups is 2. The van der Waals surface area contributed by atoms with Gasteiger partial charge >= 0.3 is 12.0 Å². The van der Waals surface area contributed by atoms with E-state index in [9.17, 15) is 14.7 Å². The van der Waals surface area contributed by atoms with E-state index >= 15 is 0 Å². The molecule has 6 nitrogen and oxygen atoms in total. The standard InChI is InChI=1S/C14H16N2O4/c17-12-4-2-9(6-11(12)13(18)19)15-14(20)16-7-8-1-3-10(16)5-8/h2,4,6,8,10,17H,1,3,5,7H2,(H,15,20)(H,18,19). The number of carboxylic acid groups (broad SMARTS) is 1. The van der Waals surface area contributed by atoms with Crippen LogP contribution in [0.15, 0.2) is 18.2 Å². The first-order chi connectivity index (χ1) is 9.54. The Morgan fingerprint density at radius 3 is 2.70 bits per heavy atom. The summed E-state index contributed by atoms with van der Waals surface area (Å²) in [4.78, 5) is 24.9. The Hall–Kier alpha value is -2.24. The van der Waals surface area contributed by atoms with Crippen molar-refractivity contribution >= 4 is 17.7 Å². The first-order valence-corrected chi connectivity index (χ1v) is 6.68. The number of rotatable bonds is 2. The molecule has 1 aliphatic heterocycles. The Morgan fingerprint density at radius 2 is 2.10 bits per heavy atom. The first kappa shape index (κ1) is 12.8. The van der Waals surface area contributed by atoms with Gasteiger partial charge in [-0.05, 0) is 43.4 Å². The van der Waals surface area contributed by atoms with E-state index in [2.05, 4.69) is 5.32 Å². The van der Waals surface area contributed by atoms with Gasteiger partial charge in [0.2, 0.25) is 0 Å². The van der Waals surface area contributed by atoms with Gasteiger partial charge in [0.25, 0.3) is 0 Å². The Kier molecular flexibility index (Phi) is 3.00. The fraction of sp³-hybridized carbons (Fsp3) is 0.429. The van der Waals surface area contributed by atoms with Crippen molar-refractivity contribution in [3.05, 3.63) is 23.8 Å². The molecular weight excluding hydrogens is 260 g/mol. The van der Waals surface area contributed by atoms with Gasteiger partial charge in [0.05, 0.1) is 0 Å². The summed E-state index contributed by atoms with van der Waals surface area (Å²) >= 11 is 0. The quantitative estimate of drug-likeness (QED) is 0.722. The minimum absolute atomic E-state index is 0.195. The van der Waals surface area contributed by atoms with E-state index in [4.69, 9.17) is 5.11 Å². The van der Waals surface area contributed by atoms with Gasteiger partial charge in [-0.25, -0.2) is 9.59 Å². The maximum atomic E-state index is 12.2. The van der Waals surface area contributed by atoms with Gasteiger partial charge in [0.1, 0.15) is 11.3 Å². The van der Waals surface area contributed by atoms with Crippen LogP contribution >= 0.6 is 0 Å². The minimum atomic E-state index is -1.22. The van der Waals surface area contributed by atoms with Crippen LogP contribution in [0.1, 0.15) is 29.6 Å². The van der Waals surface area contributed by atoms with E-state index in [0.29, 0.717) is 17.6 Å². The number of urea groups is 1. The van der Waals surface area contributed by atoms with Crippen molar-refractivity contribution in [2.75, 3.05) is 11.9 Å². The van der Waals surface area contributed by atoms with Crippen molar-refractivity contribution in [2.24, 2.45) is 5.92 Å². The number of benzene rings is 1. The lowest BCUT2D eigenvalue weighted by Gasteiger charge is -2.27. The molecule has 106 valence electrons. The second-order valence-electron chi connectivity index (χ2n) is 5.45. The van der Waals surface area contributed by atoms with Crippen LogP contribution in [0, 0.1) is 5.92 Å². The number of nitrogens with zero attached hydrogens (tertiary/aromatic N) is 1. The molecule has 0 spiro atoms. The molecule has 3 rings (SSSR count). The number of carbonyl (C=O) groups excluding carboxylic acids is 1. The number of amides is 2. The number of nitrogens with one attached hydrogen (secondary N) is 1. The third-order valence-electron chi connectivity index (χ3n) is 4.15. The molecule has 1 aromatic carbocycles. The topological polar surface area (TPSA) is 89.9 Å². The largest absolute Gasteiger partial charge is 0.507 e. The molecule has 1 aliphatic carbocycles. The van der Waals surface area contributed by atoms with E-state index in [1.54, 1.807) is 0 Å². The van der Waals surface area contributed by atoms with Crippen LogP contribution in [0.2, 0.25) is 0 Å². The van der Waals surface area contributed by atoms with Gasteiger partial charge in [-0.15, -0.1) is 0 Å². The van der Waals surface area contributed by atoms with E-state index in [1.165, 1.54) is 24.6 Å². The molecular formula is C14H16N2O4. The lowest BCUT2D eigenvalue weighted by Crippen LogP contribution is -2.40. The van der Waals surface area contributed by atoms with Crippen LogP contribution in [0.5, 0.6) is 5.75 Å². The number of aromatic hydroxyl groups is 1. The average molecular weight is 276 g/mol. The predicted molar refractivity (Wildman–Crippen MR) is 71.9 cm³/mol. The van der Waals surface area contributed by atoms with Gasteiger partial charge in [-0.1, -0.05) is 0 Å². The second-order valence-corrected chi connectivity index (χ2v) is 5.45. The highest BCUT2D eigenvalue weighted by atomic mass is 16.4. The molecule has 0 radical (unpaired) electrons. The zero-order valence-corrected chi connectivity index (χ0v) is 10.9. The number of phenols is 1. The minimum Gasteiger partial charge on any atom is -0.507 e. The number of fused-ring (bicyclic) bond motifs is 2. The average Bonchev–Trinajstić information content (AvgIpc) is 3.03. The van der Waals surface area contributed by atoms with Crippen molar-refractivity contribution in [3.63, 3.8) is 0 Å². The number of likely N-dealkylation sites (tertiary alicyclic amines) is 1. The molecule has 0 aromatic heterocycles. The van der Waals surface area contributed by atoms with Crippen molar-refractivity contribution in [2.45, 2.75) is 25.3 Å². The Morgan fingerprint density at radius 1 is 1.30 bits per heavy atom. The van der Waals surface area contributed by atoms with Crippen LogP contribution in [-0.2, 0) is 0 Å². The Bertz CT molecular complexity index is 572. The normalized spacial score (nSPS) is 23.9. The molecule has 6 heteroatoms. The molecule has 2 fully saturated rings. The van der Waals surface area contributed by atoms with Crippen molar-refractivity contribution in [3.8, 4) is 5.75 Å². The van der Waals surface area contributed by atoms with E-state index < -0.39 is 5.97 Å². The van der Waals surface area contributed by atoms with Gasteiger partial charge in [0, 0.05) is 18.3 Å². The molecule has 1 aromatic rings. The van der Waals surface area contributed by atoms with Crippen molar-refractivity contribution < 1.29 is 19.8 Å². The summed E-state index contributed by atoms with van der Waals surface area (Å²) in [5.74, 6) is -0.922. The van der Waals surface area contributed by atoms with Crippen LogP contribution in [0.25, 0.3) is 0 Å². The second kappa shape index (κ2) is 4.70. The van der Waals surface area contributed by atoms with E-state index in [0.717, 1.165) is 19.4 Å². The molecule has 2 bridgehead atoms. The van der Waals surface area contributed by atoms with Gasteiger partial charge in [-0.2, -0.15) is 0 Å². The molecule has 1 heterocycles. The fourth-order valence-electron chi connectivity index (χ4n) is 3.15. The maximum absolute atomic E-state index is 12.2. The number of hydrogen-bond donors (Lipinski definition) is 3.